The van der Waals surface area contributed by atoms with Crippen LogP contribution in [0.15, 0.2) is 59.8 Å². The van der Waals surface area contributed by atoms with Gasteiger partial charge in [0.1, 0.15) is 11.8 Å². The Labute approximate surface area is 171 Å². The molecule has 7 nitrogen and oxygen atoms in total. The van der Waals surface area contributed by atoms with Crippen molar-refractivity contribution in [2.45, 2.75) is 12.5 Å². The summed E-state index contributed by atoms with van der Waals surface area (Å²) in [6, 6.07) is 10.3. The summed E-state index contributed by atoms with van der Waals surface area (Å²) in [6.07, 6.45) is 4.56. The van der Waals surface area contributed by atoms with Crippen molar-refractivity contribution in [2.75, 3.05) is 7.11 Å². The molecule has 29 heavy (non-hydrogen) atoms. The van der Waals surface area contributed by atoms with E-state index in [9.17, 15) is 20.0 Å². The van der Waals surface area contributed by atoms with E-state index in [1.54, 1.807) is 42.7 Å². The Balaban J connectivity index is 2.13. The Bertz CT molecular complexity index is 1150. The fourth-order valence-electron chi connectivity index (χ4n) is 3.03. The van der Waals surface area contributed by atoms with Crippen LogP contribution in [0, 0.1) is 11.3 Å². The Morgan fingerprint density at radius 3 is 2.76 bits per heavy atom. The molecule has 2 aromatic heterocycles. The third-order valence-corrected chi connectivity index (χ3v) is 4.66. The molecule has 0 saturated carbocycles. The van der Waals surface area contributed by atoms with Crippen molar-refractivity contribution in [2.24, 2.45) is 0 Å². The van der Waals surface area contributed by atoms with E-state index in [0.29, 0.717) is 27.3 Å². The quantitative estimate of drug-likeness (QED) is 0.669. The number of carbonyl (C=O) groups is 1. The molecule has 0 aliphatic rings. The lowest BCUT2D eigenvalue weighted by Gasteiger charge is -2.18. The van der Waals surface area contributed by atoms with E-state index in [2.05, 4.69) is 11.1 Å². The van der Waals surface area contributed by atoms with Crippen molar-refractivity contribution >= 4 is 17.6 Å². The molecule has 3 aromatic rings. The summed E-state index contributed by atoms with van der Waals surface area (Å²) in [5, 5.41) is 19.5. The van der Waals surface area contributed by atoms with Gasteiger partial charge in [-0.15, -0.1) is 0 Å². The minimum absolute atomic E-state index is 0.0756. The number of carboxylic acid groups (broad SMARTS) is 1. The zero-order chi connectivity index (χ0) is 21.0. The molecule has 1 atom stereocenters. The van der Waals surface area contributed by atoms with Crippen molar-refractivity contribution in [1.29, 1.82) is 5.26 Å². The summed E-state index contributed by atoms with van der Waals surface area (Å²) in [4.78, 5) is 28.7. The molecule has 2 heterocycles. The van der Waals surface area contributed by atoms with E-state index in [1.165, 1.54) is 19.4 Å². The van der Waals surface area contributed by atoms with Crippen molar-refractivity contribution in [1.82, 2.24) is 9.55 Å². The molecule has 0 radical (unpaired) electrons. The number of nitriles is 1. The molecule has 0 spiro atoms. The van der Waals surface area contributed by atoms with Gasteiger partial charge < -0.3 is 9.84 Å². The van der Waals surface area contributed by atoms with Crippen LogP contribution in [0.4, 0.5) is 0 Å². The van der Waals surface area contributed by atoms with Gasteiger partial charge in [-0.05, 0) is 29.8 Å². The van der Waals surface area contributed by atoms with Crippen LogP contribution >= 0.6 is 11.6 Å². The number of methoxy groups -OCH3 is 1. The fraction of sp³-hybridized carbons (Fsp3) is 0.143. The van der Waals surface area contributed by atoms with Crippen LogP contribution in [0.5, 0.6) is 5.75 Å². The molecule has 0 amide bonds. The minimum atomic E-state index is -1.16. The van der Waals surface area contributed by atoms with Crippen LogP contribution in [0.3, 0.4) is 0 Å². The second-order valence-electron chi connectivity index (χ2n) is 6.22. The smallest absolute Gasteiger partial charge is 0.327 e. The van der Waals surface area contributed by atoms with E-state index in [0.717, 1.165) is 4.57 Å². The van der Waals surface area contributed by atoms with Crippen molar-refractivity contribution in [3.63, 3.8) is 0 Å². The van der Waals surface area contributed by atoms with E-state index >= 15 is 0 Å². The standard InChI is InChI=1S/C21H16ClN3O4/c1-29-19-12-25(18(21(27)28)7-13-3-2-6-24-11-13)20(26)9-17(19)16-8-15(22)5-4-14(16)10-23/h2-6,8-9,11-12,18H,7H2,1H3,(H,27,28). The highest BCUT2D eigenvalue weighted by Gasteiger charge is 2.24. The lowest BCUT2D eigenvalue weighted by Crippen LogP contribution is -2.31. The number of halogens is 1. The molecular weight excluding hydrogens is 394 g/mol. The lowest BCUT2D eigenvalue weighted by molar-refractivity contribution is -0.141. The van der Waals surface area contributed by atoms with Crippen molar-refractivity contribution < 1.29 is 14.6 Å². The first-order valence-electron chi connectivity index (χ1n) is 8.56. The molecule has 0 aliphatic carbocycles. The monoisotopic (exact) mass is 409 g/mol. The van der Waals surface area contributed by atoms with Gasteiger partial charge in [-0.3, -0.25) is 14.3 Å². The van der Waals surface area contributed by atoms with Gasteiger partial charge in [0.25, 0.3) is 5.56 Å². The Hall–Kier alpha value is -3.63. The van der Waals surface area contributed by atoms with Gasteiger partial charge in [0, 0.05) is 41.0 Å². The average Bonchev–Trinajstić information content (AvgIpc) is 2.72. The molecular formula is C21H16ClN3O4. The average molecular weight is 410 g/mol. The lowest BCUT2D eigenvalue weighted by atomic mass is 10.00. The first-order valence-corrected chi connectivity index (χ1v) is 8.94. The SMILES string of the molecule is COc1cn(C(Cc2cccnc2)C(=O)O)c(=O)cc1-c1cc(Cl)ccc1C#N. The minimum Gasteiger partial charge on any atom is -0.495 e. The zero-order valence-corrected chi connectivity index (χ0v) is 16.1. The molecule has 1 unspecified atom stereocenters. The summed E-state index contributed by atoms with van der Waals surface area (Å²) >= 11 is 6.06. The highest BCUT2D eigenvalue weighted by atomic mass is 35.5. The second-order valence-corrected chi connectivity index (χ2v) is 6.66. The molecule has 0 bridgehead atoms. The number of rotatable bonds is 6. The molecule has 0 saturated heterocycles. The number of benzene rings is 1. The summed E-state index contributed by atoms with van der Waals surface area (Å²) < 4.78 is 6.50. The number of aliphatic carboxylic acids is 1. The summed E-state index contributed by atoms with van der Waals surface area (Å²) in [6.45, 7) is 0. The second kappa shape index (κ2) is 8.59. The first kappa shape index (κ1) is 20.1. The maximum atomic E-state index is 12.8. The predicted octanol–water partition coefficient (Wildman–Crippen LogP) is 3.31. The Morgan fingerprint density at radius 1 is 1.34 bits per heavy atom. The zero-order valence-electron chi connectivity index (χ0n) is 15.4. The van der Waals surface area contributed by atoms with Crippen LogP contribution in [-0.2, 0) is 11.2 Å². The van der Waals surface area contributed by atoms with Gasteiger partial charge >= 0.3 is 5.97 Å². The maximum Gasteiger partial charge on any atom is 0.327 e. The van der Waals surface area contributed by atoms with Gasteiger partial charge in [-0.25, -0.2) is 4.79 Å². The van der Waals surface area contributed by atoms with Gasteiger partial charge in [-0.2, -0.15) is 5.26 Å². The number of aromatic nitrogens is 2. The molecule has 1 aromatic carbocycles. The number of ether oxygens (including phenoxy) is 1. The number of pyridine rings is 2. The molecule has 146 valence electrons. The Morgan fingerprint density at radius 2 is 2.14 bits per heavy atom. The van der Waals surface area contributed by atoms with E-state index in [1.807, 2.05) is 0 Å². The van der Waals surface area contributed by atoms with Crippen molar-refractivity contribution in [3.8, 4) is 22.9 Å². The van der Waals surface area contributed by atoms with E-state index < -0.39 is 17.6 Å². The normalized spacial score (nSPS) is 11.5. The number of hydrogen-bond acceptors (Lipinski definition) is 5. The highest BCUT2D eigenvalue weighted by molar-refractivity contribution is 6.31. The number of nitrogens with zero attached hydrogens (tertiary/aromatic N) is 3. The molecule has 1 N–H and O–H groups in total. The van der Waals surface area contributed by atoms with E-state index in [-0.39, 0.29) is 12.2 Å². The van der Waals surface area contributed by atoms with Gasteiger partial charge in [0.2, 0.25) is 0 Å². The number of carboxylic acids is 1. The number of hydrogen-bond donors (Lipinski definition) is 1. The highest BCUT2D eigenvalue weighted by Crippen LogP contribution is 2.33. The first-order chi connectivity index (χ1) is 13.9. The van der Waals surface area contributed by atoms with Crippen LogP contribution in [0.2, 0.25) is 5.02 Å². The van der Waals surface area contributed by atoms with E-state index in [4.69, 9.17) is 16.3 Å². The van der Waals surface area contributed by atoms with Crippen LogP contribution in [-0.4, -0.2) is 27.7 Å². The van der Waals surface area contributed by atoms with Crippen LogP contribution in [0.25, 0.3) is 11.1 Å². The van der Waals surface area contributed by atoms with Crippen LogP contribution < -0.4 is 10.3 Å². The summed E-state index contributed by atoms with van der Waals surface area (Å²) in [5.41, 5.74) is 1.24. The van der Waals surface area contributed by atoms with Crippen molar-refractivity contribution in [3.05, 3.63) is 81.5 Å². The summed E-state index contributed by atoms with van der Waals surface area (Å²) in [7, 11) is 1.40. The molecule has 0 aliphatic heterocycles. The van der Waals surface area contributed by atoms with Gasteiger partial charge in [0.05, 0.1) is 24.9 Å². The molecule has 8 heteroatoms. The predicted molar refractivity (Wildman–Crippen MR) is 107 cm³/mol. The van der Waals surface area contributed by atoms with Gasteiger partial charge in [-0.1, -0.05) is 17.7 Å². The molecule has 0 fully saturated rings. The third kappa shape index (κ3) is 4.28. The third-order valence-electron chi connectivity index (χ3n) is 4.43. The fourth-order valence-corrected chi connectivity index (χ4v) is 3.20. The summed E-state index contributed by atoms with van der Waals surface area (Å²) in [5.74, 6) is -0.910. The topological polar surface area (TPSA) is 105 Å². The largest absolute Gasteiger partial charge is 0.495 e. The Kier molecular flexibility index (Phi) is 5.96. The van der Waals surface area contributed by atoms with Gasteiger partial charge in [0.15, 0.2) is 0 Å². The van der Waals surface area contributed by atoms with Crippen LogP contribution in [0.1, 0.15) is 17.2 Å². The molecule has 3 rings (SSSR count). The maximum absolute atomic E-state index is 12.8.